The van der Waals surface area contributed by atoms with Crippen molar-refractivity contribution in [2.45, 2.75) is 70.2 Å². The predicted molar refractivity (Wildman–Crippen MR) is 149 cm³/mol. The fraction of sp³-hybridized carbons (Fsp3) is 0.467. The molecule has 2 aliphatic rings. The molecule has 1 saturated carbocycles. The van der Waals surface area contributed by atoms with Crippen LogP contribution in [0.1, 0.15) is 73.1 Å². The van der Waals surface area contributed by atoms with E-state index in [0.717, 1.165) is 72.9 Å². The fourth-order valence-electron chi connectivity index (χ4n) is 6.10. The minimum absolute atomic E-state index is 0.0868. The number of aromatic nitrogens is 5. The molecule has 0 radical (unpaired) electrons. The maximum absolute atomic E-state index is 13.8. The SMILES string of the molecule is COc1ccc(CN(CC2CCCO2)C(c2cc3ccc(C)cc3[nH]c2=O)c2nnnn2C2CCCC2)cc1. The van der Waals surface area contributed by atoms with Gasteiger partial charge in [0.05, 0.1) is 19.3 Å². The Morgan fingerprint density at radius 1 is 1.10 bits per heavy atom. The zero-order chi connectivity index (χ0) is 26.8. The highest BCUT2D eigenvalue weighted by Gasteiger charge is 2.35. The van der Waals surface area contributed by atoms with Gasteiger partial charge in [0.1, 0.15) is 11.8 Å². The van der Waals surface area contributed by atoms with Crippen LogP contribution < -0.4 is 10.3 Å². The molecule has 1 saturated heterocycles. The Labute approximate surface area is 228 Å². The molecule has 0 amide bonds. The van der Waals surface area contributed by atoms with Crippen molar-refractivity contribution < 1.29 is 9.47 Å². The van der Waals surface area contributed by atoms with Gasteiger partial charge in [0.2, 0.25) is 0 Å². The number of rotatable bonds is 9. The summed E-state index contributed by atoms with van der Waals surface area (Å²) >= 11 is 0. The molecule has 39 heavy (non-hydrogen) atoms. The zero-order valence-electron chi connectivity index (χ0n) is 22.7. The van der Waals surface area contributed by atoms with Crippen molar-refractivity contribution in [1.29, 1.82) is 0 Å². The molecule has 4 aromatic rings. The molecule has 204 valence electrons. The summed E-state index contributed by atoms with van der Waals surface area (Å²) in [6.45, 7) is 4.07. The first-order valence-corrected chi connectivity index (χ1v) is 14.0. The van der Waals surface area contributed by atoms with E-state index in [0.29, 0.717) is 24.5 Å². The molecular weight excluding hydrogens is 492 g/mol. The molecule has 2 aromatic carbocycles. The molecule has 2 aromatic heterocycles. The van der Waals surface area contributed by atoms with Crippen LogP contribution in [0, 0.1) is 6.92 Å². The van der Waals surface area contributed by atoms with E-state index >= 15 is 0 Å². The number of hydrogen-bond donors (Lipinski definition) is 1. The topological polar surface area (TPSA) is 98.2 Å². The van der Waals surface area contributed by atoms with Gasteiger partial charge in [0, 0.05) is 30.8 Å². The number of tetrazole rings is 1. The van der Waals surface area contributed by atoms with Crippen LogP contribution >= 0.6 is 0 Å². The summed E-state index contributed by atoms with van der Waals surface area (Å²) in [5.41, 5.74) is 3.58. The maximum atomic E-state index is 13.8. The third-order valence-corrected chi connectivity index (χ3v) is 8.13. The van der Waals surface area contributed by atoms with E-state index in [2.05, 4.69) is 49.7 Å². The Hall–Kier alpha value is -3.56. The molecule has 0 spiro atoms. The second-order valence-electron chi connectivity index (χ2n) is 10.9. The van der Waals surface area contributed by atoms with Crippen LogP contribution in [0.3, 0.4) is 0 Å². The van der Waals surface area contributed by atoms with Gasteiger partial charge in [-0.3, -0.25) is 9.69 Å². The Kier molecular flexibility index (Phi) is 7.43. The van der Waals surface area contributed by atoms with Gasteiger partial charge >= 0.3 is 0 Å². The molecule has 9 nitrogen and oxygen atoms in total. The van der Waals surface area contributed by atoms with E-state index in [-0.39, 0.29) is 17.7 Å². The predicted octanol–water partition coefficient (Wildman–Crippen LogP) is 4.72. The number of pyridine rings is 1. The average molecular weight is 529 g/mol. The van der Waals surface area contributed by atoms with Gasteiger partial charge in [0.15, 0.2) is 5.82 Å². The number of nitrogens with zero attached hydrogens (tertiary/aromatic N) is 5. The van der Waals surface area contributed by atoms with E-state index in [9.17, 15) is 4.79 Å². The number of ether oxygens (including phenoxy) is 2. The second-order valence-corrected chi connectivity index (χ2v) is 10.9. The van der Waals surface area contributed by atoms with Crippen LogP contribution in [0.4, 0.5) is 0 Å². The molecule has 2 fully saturated rings. The first-order valence-electron chi connectivity index (χ1n) is 14.0. The molecule has 0 bridgehead atoms. The van der Waals surface area contributed by atoms with Crippen molar-refractivity contribution in [1.82, 2.24) is 30.1 Å². The van der Waals surface area contributed by atoms with Crippen molar-refractivity contribution >= 4 is 10.9 Å². The van der Waals surface area contributed by atoms with Gasteiger partial charge in [-0.15, -0.1) is 5.10 Å². The number of methoxy groups -OCH3 is 1. The van der Waals surface area contributed by atoms with Gasteiger partial charge in [0.25, 0.3) is 5.56 Å². The molecule has 9 heteroatoms. The molecular formula is C30H36N6O3. The Bertz CT molecular complexity index is 1470. The number of nitrogens with one attached hydrogen (secondary N) is 1. The van der Waals surface area contributed by atoms with Gasteiger partial charge < -0.3 is 14.5 Å². The summed E-state index contributed by atoms with van der Waals surface area (Å²) in [4.78, 5) is 19.3. The Balaban J connectivity index is 1.49. The standard InChI is InChI=1S/C30H36N6O3/c1-20-9-12-22-17-26(30(37)31-27(22)16-20)28(29-32-33-34-36(29)23-6-3-4-7-23)35(19-25-8-5-15-39-25)18-21-10-13-24(38-2)14-11-21/h9-14,16-17,23,25,28H,3-8,15,18-19H2,1-2H3,(H,31,37). The summed E-state index contributed by atoms with van der Waals surface area (Å²) in [5.74, 6) is 1.53. The van der Waals surface area contributed by atoms with E-state index in [1.807, 2.05) is 35.9 Å². The second kappa shape index (κ2) is 11.3. The lowest BCUT2D eigenvalue weighted by molar-refractivity contribution is 0.0569. The zero-order valence-corrected chi connectivity index (χ0v) is 22.7. The summed E-state index contributed by atoms with van der Waals surface area (Å²) in [7, 11) is 1.67. The van der Waals surface area contributed by atoms with Crippen molar-refractivity contribution in [3.8, 4) is 5.75 Å². The van der Waals surface area contributed by atoms with Gasteiger partial charge in [-0.25, -0.2) is 4.68 Å². The summed E-state index contributed by atoms with van der Waals surface area (Å²) in [6, 6.07) is 16.1. The average Bonchev–Trinajstić information content (AvgIpc) is 3.73. The van der Waals surface area contributed by atoms with Gasteiger partial charge in [-0.2, -0.15) is 0 Å². The van der Waals surface area contributed by atoms with Crippen LogP contribution in [0.15, 0.2) is 53.3 Å². The quantitative estimate of drug-likeness (QED) is 0.336. The first kappa shape index (κ1) is 25.7. The lowest BCUT2D eigenvalue weighted by atomic mass is 10.0. The van der Waals surface area contributed by atoms with E-state index < -0.39 is 6.04 Å². The molecule has 2 unspecified atom stereocenters. The summed E-state index contributed by atoms with van der Waals surface area (Å²) in [5, 5.41) is 14.2. The van der Waals surface area contributed by atoms with E-state index in [1.54, 1.807) is 7.11 Å². The van der Waals surface area contributed by atoms with E-state index in [4.69, 9.17) is 9.47 Å². The van der Waals surface area contributed by atoms with Gasteiger partial charge in [-0.05, 0) is 83.8 Å². The molecule has 1 aliphatic carbocycles. The monoisotopic (exact) mass is 528 g/mol. The minimum atomic E-state index is -0.443. The van der Waals surface area contributed by atoms with Crippen LogP contribution in [-0.4, -0.2) is 56.5 Å². The molecule has 1 aliphatic heterocycles. The molecule has 1 N–H and O–H groups in total. The van der Waals surface area contributed by atoms with Crippen molar-refractivity contribution in [3.63, 3.8) is 0 Å². The van der Waals surface area contributed by atoms with Crippen molar-refractivity contribution in [2.75, 3.05) is 20.3 Å². The van der Waals surface area contributed by atoms with Crippen molar-refractivity contribution in [2.24, 2.45) is 0 Å². The summed E-state index contributed by atoms with van der Waals surface area (Å²) < 4.78 is 13.5. The first-order chi connectivity index (χ1) is 19.1. The highest BCUT2D eigenvalue weighted by Crippen LogP contribution is 2.35. The number of hydrogen-bond acceptors (Lipinski definition) is 7. The molecule has 2 atom stereocenters. The molecule has 6 rings (SSSR count). The maximum Gasteiger partial charge on any atom is 0.253 e. The van der Waals surface area contributed by atoms with E-state index in [1.165, 1.54) is 0 Å². The Morgan fingerprint density at radius 2 is 1.92 bits per heavy atom. The number of fused-ring (bicyclic) bond motifs is 1. The van der Waals surface area contributed by atoms with Crippen LogP contribution in [0.5, 0.6) is 5.75 Å². The van der Waals surface area contributed by atoms with Crippen LogP contribution in [0.2, 0.25) is 0 Å². The highest BCUT2D eigenvalue weighted by atomic mass is 16.5. The third-order valence-electron chi connectivity index (χ3n) is 8.13. The van der Waals surface area contributed by atoms with Crippen LogP contribution in [-0.2, 0) is 11.3 Å². The smallest absolute Gasteiger partial charge is 0.253 e. The Morgan fingerprint density at radius 3 is 2.67 bits per heavy atom. The van der Waals surface area contributed by atoms with Crippen molar-refractivity contribution in [3.05, 3.63) is 81.4 Å². The summed E-state index contributed by atoms with van der Waals surface area (Å²) in [6.07, 6.45) is 6.54. The molecule has 3 heterocycles. The van der Waals surface area contributed by atoms with Gasteiger partial charge in [-0.1, -0.05) is 37.1 Å². The van der Waals surface area contributed by atoms with Crippen LogP contribution in [0.25, 0.3) is 10.9 Å². The number of H-pyrrole nitrogens is 1. The minimum Gasteiger partial charge on any atom is -0.497 e. The normalized spacial score (nSPS) is 18.8. The lowest BCUT2D eigenvalue weighted by Crippen LogP contribution is -2.39. The third kappa shape index (κ3) is 5.46. The highest BCUT2D eigenvalue weighted by molar-refractivity contribution is 5.79. The number of benzene rings is 2. The largest absolute Gasteiger partial charge is 0.497 e. The lowest BCUT2D eigenvalue weighted by Gasteiger charge is -2.33. The fourth-order valence-corrected chi connectivity index (χ4v) is 6.10. The number of aromatic amines is 1. The number of aryl methyl sites for hydroxylation is 1.